The van der Waals surface area contributed by atoms with Crippen molar-refractivity contribution in [1.82, 2.24) is 9.21 Å². The summed E-state index contributed by atoms with van der Waals surface area (Å²) in [6.45, 7) is 6.77. The van der Waals surface area contributed by atoms with E-state index in [1.165, 1.54) is 18.2 Å². The largest absolute Gasteiger partial charge is 0.368 e. The van der Waals surface area contributed by atoms with Gasteiger partial charge in [-0.2, -0.15) is 0 Å². The van der Waals surface area contributed by atoms with E-state index >= 15 is 0 Å². The van der Waals surface area contributed by atoms with Crippen LogP contribution in [0.4, 0.5) is 14.5 Å². The van der Waals surface area contributed by atoms with E-state index in [1.807, 2.05) is 13.0 Å². The molecule has 1 atom stereocenters. The minimum atomic E-state index is -1.35. The third-order valence-corrected chi connectivity index (χ3v) is 6.86. The number of anilines is 1. The third-order valence-electron chi connectivity index (χ3n) is 5.32. The van der Waals surface area contributed by atoms with Gasteiger partial charge >= 0.3 is 0 Å². The molecule has 8 heteroatoms. The molecule has 2 aromatic rings. The summed E-state index contributed by atoms with van der Waals surface area (Å²) in [6.07, 6.45) is 0. The number of hydrogen-bond acceptors (Lipinski definition) is 3. The molecule has 1 heterocycles. The maximum Gasteiger partial charge on any atom is 0.219 e. The summed E-state index contributed by atoms with van der Waals surface area (Å²) in [5, 5.41) is 0. The lowest BCUT2D eigenvalue weighted by molar-refractivity contribution is -0.129. The molecule has 5 nitrogen and oxygen atoms in total. The summed E-state index contributed by atoms with van der Waals surface area (Å²) >= 11 is 0. The Kier molecular flexibility index (Phi) is 7.55. The fourth-order valence-corrected chi connectivity index (χ4v) is 4.70. The molecular weight excluding hydrogens is 408 g/mol. The minimum Gasteiger partial charge on any atom is -0.368 e. The number of carbonyl (C=O) groups is 1. The lowest BCUT2D eigenvalue weighted by atomic mass is 10.1. The number of piperazine rings is 1. The number of halogens is 2. The Morgan fingerprint density at radius 2 is 1.73 bits per heavy atom. The summed E-state index contributed by atoms with van der Waals surface area (Å²) in [6, 6.07) is 11.0. The minimum absolute atomic E-state index is 0.0597. The zero-order valence-corrected chi connectivity index (χ0v) is 18.1. The topological polar surface area (TPSA) is 43.9 Å². The van der Waals surface area contributed by atoms with Gasteiger partial charge < -0.3 is 9.80 Å². The Balaban J connectivity index is 1.63. The van der Waals surface area contributed by atoms with Crippen molar-refractivity contribution in [3.05, 3.63) is 65.2 Å². The zero-order valence-electron chi connectivity index (χ0n) is 17.3. The molecule has 0 bridgehead atoms. The first-order chi connectivity index (χ1) is 14.4. The van der Waals surface area contributed by atoms with Crippen LogP contribution >= 0.6 is 0 Å². The highest BCUT2D eigenvalue weighted by Gasteiger charge is 2.20. The van der Waals surface area contributed by atoms with Crippen LogP contribution in [0.3, 0.4) is 0 Å². The van der Waals surface area contributed by atoms with Gasteiger partial charge in [0.05, 0.1) is 16.7 Å². The van der Waals surface area contributed by atoms with Crippen LogP contribution in [0.15, 0.2) is 42.5 Å². The number of carbonyl (C=O) groups excluding carboxylic acids is 1. The van der Waals surface area contributed by atoms with Crippen molar-refractivity contribution in [2.75, 3.05) is 37.6 Å². The summed E-state index contributed by atoms with van der Waals surface area (Å²) in [5.41, 5.74) is 2.04. The average molecular weight is 436 g/mol. The summed E-state index contributed by atoms with van der Waals surface area (Å²) in [5.74, 6) is -0.348. The van der Waals surface area contributed by atoms with Crippen LogP contribution in [-0.2, 0) is 28.1 Å². The Bertz CT molecular complexity index is 900. The number of hydrogen-bond donors (Lipinski definition) is 0. The second kappa shape index (κ2) is 10.1. The molecular formula is C22H27F2N3O2S. The molecule has 2 aromatic carbocycles. The zero-order chi connectivity index (χ0) is 21.7. The van der Waals surface area contributed by atoms with Crippen molar-refractivity contribution in [3.8, 4) is 0 Å². The average Bonchev–Trinajstić information content (AvgIpc) is 2.74. The second-order valence-electron chi connectivity index (χ2n) is 7.32. The Labute approximate surface area is 178 Å². The van der Waals surface area contributed by atoms with Crippen LogP contribution in [0, 0.1) is 11.6 Å². The molecule has 30 heavy (non-hydrogen) atoms. The second-order valence-corrected chi connectivity index (χ2v) is 8.77. The van der Waals surface area contributed by atoms with E-state index in [2.05, 4.69) is 4.90 Å². The van der Waals surface area contributed by atoms with Crippen LogP contribution in [0.25, 0.3) is 0 Å². The van der Waals surface area contributed by atoms with Crippen molar-refractivity contribution < 1.29 is 17.8 Å². The van der Waals surface area contributed by atoms with Gasteiger partial charge in [-0.15, -0.1) is 0 Å². The molecule has 1 saturated heterocycles. The van der Waals surface area contributed by atoms with Crippen molar-refractivity contribution in [2.24, 2.45) is 0 Å². The monoisotopic (exact) mass is 435 g/mol. The third kappa shape index (κ3) is 5.64. The molecule has 1 aliphatic heterocycles. The normalized spacial score (nSPS) is 15.5. The van der Waals surface area contributed by atoms with Gasteiger partial charge in [-0.25, -0.2) is 17.3 Å². The summed E-state index contributed by atoms with van der Waals surface area (Å²) < 4.78 is 42.3. The molecule has 3 rings (SSSR count). The first kappa shape index (κ1) is 22.4. The van der Waals surface area contributed by atoms with Gasteiger partial charge in [-0.1, -0.05) is 25.1 Å². The maximum absolute atomic E-state index is 14.8. The lowest BCUT2D eigenvalue weighted by Gasteiger charge is -2.35. The first-order valence-electron chi connectivity index (χ1n) is 10.0. The predicted octanol–water partition coefficient (Wildman–Crippen LogP) is 3.32. The van der Waals surface area contributed by atoms with Gasteiger partial charge in [-0.05, 0) is 29.8 Å². The van der Waals surface area contributed by atoms with E-state index in [4.69, 9.17) is 0 Å². The molecule has 0 N–H and O–H groups in total. The van der Waals surface area contributed by atoms with Gasteiger partial charge in [0.2, 0.25) is 5.91 Å². The van der Waals surface area contributed by atoms with Gasteiger partial charge in [0, 0.05) is 57.4 Å². The van der Waals surface area contributed by atoms with Gasteiger partial charge in [0.25, 0.3) is 0 Å². The molecule has 1 fully saturated rings. The number of amides is 1. The lowest BCUT2D eigenvalue weighted by Crippen LogP contribution is -2.48. The first-order valence-corrected chi connectivity index (χ1v) is 11.3. The molecule has 1 amide bonds. The molecule has 0 spiro atoms. The van der Waals surface area contributed by atoms with Crippen LogP contribution in [0.5, 0.6) is 0 Å². The Morgan fingerprint density at radius 3 is 2.30 bits per heavy atom. The molecule has 1 unspecified atom stereocenters. The van der Waals surface area contributed by atoms with Gasteiger partial charge in [0.15, 0.2) is 0 Å². The summed E-state index contributed by atoms with van der Waals surface area (Å²) in [7, 11) is -1.35. The van der Waals surface area contributed by atoms with Crippen LogP contribution < -0.4 is 4.90 Å². The molecule has 0 aliphatic carbocycles. The standard InChI is InChI=1S/C22H27F2N3O2S/c1-3-27(30(29)16-18-4-7-20(23)8-5-18)15-19-6-9-21(14-22(19)24)26-12-10-25(11-13-26)17(2)28/h4-9,14H,3,10-13,15-16H2,1-2H3. The van der Waals surface area contributed by atoms with Crippen LogP contribution in [-0.4, -0.2) is 52.0 Å². The fourth-order valence-electron chi connectivity index (χ4n) is 3.47. The fraction of sp³-hybridized carbons (Fsp3) is 0.409. The van der Waals surface area contributed by atoms with Crippen molar-refractivity contribution in [2.45, 2.75) is 26.1 Å². The number of nitrogens with zero attached hydrogens (tertiary/aromatic N) is 3. The molecule has 162 valence electrons. The molecule has 0 aromatic heterocycles. The highest BCUT2D eigenvalue weighted by molar-refractivity contribution is 7.81. The van der Waals surface area contributed by atoms with E-state index in [0.29, 0.717) is 38.3 Å². The molecule has 0 saturated carbocycles. The SMILES string of the molecule is CCN(Cc1ccc(N2CCN(C(C)=O)CC2)cc1F)S(=O)Cc1ccc(F)cc1. The van der Waals surface area contributed by atoms with Gasteiger partial charge in [-0.3, -0.25) is 4.79 Å². The van der Waals surface area contributed by atoms with E-state index in [1.54, 1.807) is 34.3 Å². The van der Waals surface area contributed by atoms with Crippen molar-refractivity contribution in [3.63, 3.8) is 0 Å². The van der Waals surface area contributed by atoms with Crippen LogP contribution in [0.2, 0.25) is 0 Å². The predicted molar refractivity (Wildman–Crippen MR) is 115 cm³/mol. The van der Waals surface area contributed by atoms with E-state index in [9.17, 15) is 17.8 Å². The Morgan fingerprint density at radius 1 is 1.07 bits per heavy atom. The van der Waals surface area contributed by atoms with E-state index < -0.39 is 11.0 Å². The quantitative estimate of drug-likeness (QED) is 0.670. The van der Waals surface area contributed by atoms with Crippen molar-refractivity contribution >= 4 is 22.6 Å². The summed E-state index contributed by atoms with van der Waals surface area (Å²) in [4.78, 5) is 15.3. The van der Waals surface area contributed by atoms with Crippen molar-refractivity contribution in [1.29, 1.82) is 0 Å². The number of rotatable bonds is 7. The Hall–Kier alpha value is -2.32. The molecule has 0 radical (unpaired) electrons. The van der Waals surface area contributed by atoms with Crippen LogP contribution in [0.1, 0.15) is 25.0 Å². The highest BCUT2D eigenvalue weighted by Crippen LogP contribution is 2.22. The smallest absolute Gasteiger partial charge is 0.219 e. The molecule has 1 aliphatic rings. The maximum atomic E-state index is 14.8. The highest BCUT2D eigenvalue weighted by atomic mass is 32.2. The van der Waals surface area contributed by atoms with E-state index in [0.717, 1.165) is 11.3 Å². The van der Waals surface area contributed by atoms with E-state index in [-0.39, 0.29) is 29.8 Å². The number of benzene rings is 2. The van der Waals surface area contributed by atoms with Gasteiger partial charge in [0.1, 0.15) is 11.6 Å².